The Hall–Kier alpha value is -0.0400. The summed E-state index contributed by atoms with van der Waals surface area (Å²) in [6, 6.07) is 0. The van der Waals surface area contributed by atoms with Gasteiger partial charge in [0.25, 0.3) is 0 Å². The quantitative estimate of drug-likeness (QED) is 0.669. The lowest BCUT2D eigenvalue weighted by Gasteiger charge is -2.29. The highest BCUT2D eigenvalue weighted by molar-refractivity contribution is 4.79. The third-order valence-electron chi connectivity index (χ3n) is 3.81. The molecule has 0 bridgehead atoms. The van der Waals surface area contributed by atoms with Crippen LogP contribution in [0.1, 0.15) is 52.9 Å². The summed E-state index contributed by atoms with van der Waals surface area (Å²) in [6.45, 7) is 8.42. The van der Waals surface area contributed by atoms with E-state index in [0.717, 1.165) is 11.8 Å². The van der Waals surface area contributed by atoms with E-state index in [1.165, 1.54) is 38.6 Å². The van der Waals surface area contributed by atoms with Crippen LogP contribution in [0.25, 0.3) is 0 Å². The summed E-state index contributed by atoms with van der Waals surface area (Å²) in [4.78, 5) is 0. The average Bonchev–Trinajstić information content (AvgIpc) is 2.29. The Morgan fingerprint density at radius 2 is 1.79 bits per heavy atom. The van der Waals surface area contributed by atoms with Crippen LogP contribution in [0, 0.1) is 17.3 Å². The van der Waals surface area contributed by atoms with E-state index in [1.807, 2.05) is 0 Å². The molecule has 1 nitrogen and oxygen atoms in total. The highest BCUT2D eigenvalue weighted by Gasteiger charge is 2.27. The number of hydrogen-bond donors (Lipinski definition) is 1. The minimum atomic E-state index is 0.522. The minimum Gasteiger partial charge on any atom is -0.319 e. The van der Waals surface area contributed by atoms with Crippen LogP contribution in [-0.4, -0.2) is 13.6 Å². The molecule has 0 heterocycles. The molecular formula is C13H27N. The molecule has 0 aromatic heterocycles. The molecule has 1 N–H and O–H groups in total. The fourth-order valence-electron chi connectivity index (χ4n) is 2.74. The van der Waals surface area contributed by atoms with E-state index in [0.29, 0.717) is 5.41 Å². The van der Waals surface area contributed by atoms with Crippen molar-refractivity contribution in [2.45, 2.75) is 52.9 Å². The Balaban J connectivity index is 2.41. The maximum absolute atomic E-state index is 3.32. The normalized spacial score (nSPS) is 30.0. The van der Waals surface area contributed by atoms with Crippen LogP contribution >= 0.6 is 0 Å². The zero-order chi connectivity index (χ0) is 10.6. The van der Waals surface area contributed by atoms with Crippen molar-refractivity contribution >= 4 is 0 Å². The molecule has 0 amide bonds. The van der Waals surface area contributed by atoms with Crippen molar-refractivity contribution in [3.8, 4) is 0 Å². The third kappa shape index (κ3) is 3.61. The van der Waals surface area contributed by atoms with Crippen LogP contribution in [0.3, 0.4) is 0 Å². The summed E-state index contributed by atoms with van der Waals surface area (Å²) in [5.41, 5.74) is 0.522. The van der Waals surface area contributed by atoms with Crippen molar-refractivity contribution < 1.29 is 0 Å². The molecule has 0 spiro atoms. The van der Waals surface area contributed by atoms with Gasteiger partial charge in [0.1, 0.15) is 0 Å². The summed E-state index contributed by atoms with van der Waals surface area (Å²) in [6.07, 6.45) is 7.20. The SMILES string of the molecule is CNCC1CCCC(C(C)(C)C)CC1. The van der Waals surface area contributed by atoms with Crippen molar-refractivity contribution in [1.82, 2.24) is 5.32 Å². The lowest BCUT2D eigenvalue weighted by molar-refractivity contribution is 0.212. The van der Waals surface area contributed by atoms with Crippen LogP contribution < -0.4 is 5.32 Å². The predicted octanol–water partition coefficient (Wildman–Crippen LogP) is 3.45. The van der Waals surface area contributed by atoms with Crippen molar-refractivity contribution in [2.75, 3.05) is 13.6 Å². The topological polar surface area (TPSA) is 12.0 Å². The van der Waals surface area contributed by atoms with E-state index in [2.05, 4.69) is 33.1 Å². The molecule has 0 aromatic carbocycles. The van der Waals surface area contributed by atoms with Gasteiger partial charge in [-0.2, -0.15) is 0 Å². The van der Waals surface area contributed by atoms with Gasteiger partial charge in [0.2, 0.25) is 0 Å². The molecule has 84 valence electrons. The largest absolute Gasteiger partial charge is 0.319 e. The van der Waals surface area contributed by atoms with Gasteiger partial charge in [-0.25, -0.2) is 0 Å². The smallest absolute Gasteiger partial charge is 0.00235 e. The van der Waals surface area contributed by atoms with Gasteiger partial charge in [-0.05, 0) is 56.5 Å². The van der Waals surface area contributed by atoms with Crippen LogP contribution in [0.15, 0.2) is 0 Å². The van der Waals surface area contributed by atoms with Gasteiger partial charge in [0, 0.05) is 0 Å². The standard InChI is InChI=1S/C13H27N/c1-13(2,3)12-7-5-6-11(8-9-12)10-14-4/h11-12,14H,5-10H2,1-4H3. The number of hydrogen-bond acceptors (Lipinski definition) is 1. The maximum atomic E-state index is 3.32. The molecule has 1 saturated carbocycles. The first-order valence-corrected chi connectivity index (χ1v) is 6.18. The maximum Gasteiger partial charge on any atom is -0.00235 e. The Kier molecular flexibility index (Phi) is 4.43. The van der Waals surface area contributed by atoms with Gasteiger partial charge in [0.15, 0.2) is 0 Å². The first-order valence-electron chi connectivity index (χ1n) is 6.18. The van der Waals surface area contributed by atoms with Crippen molar-refractivity contribution in [3.63, 3.8) is 0 Å². The van der Waals surface area contributed by atoms with Crippen molar-refractivity contribution in [1.29, 1.82) is 0 Å². The molecule has 0 aromatic rings. The Bertz CT molecular complexity index is 157. The van der Waals surface area contributed by atoms with Gasteiger partial charge >= 0.3 is 0 Å². The molecule has 1 fully saturated rings. The van der Waals surface area contributed by atoms with Crippen molar-refractivity contribution in [3.05, 3.63) is 0 Å². The number of nitrogens with one attached hydrogen (secondary N) is 1. The average molecular weight is 197 g/mol. The Morgan fingerprint density at radius 1 is 1.07 bits per heavy atom. The molecule has 1 heteroatoms. The van der Waals surface area contributed by atoms with Gasteiger partial charge in [-0.3, -0.25) is 0 Å². The van der Waals surface area contributed by atoms with E-state index in [4.69, 9.17) is 0 Å². The predicted molar refractivity (Wildman–Crippen MR) is 63.4 cm³/mol. The first-order chi connectivity index (χ1) is 6.54. The fraction of sp³-hybridized carbons (Fsp3) is 1.00. The van der Waals surface area contributed by atoms with E-state index in [-0.39, 0.29) is 0 Å². The second kappa shape index (κ2) is 5.16. The van der Waals surface area contributed by atoms with Crippen LogP contribution in [0.2, 0.25) is 0 Å². The zero-order valence-electron chi connectivity index (χ0n) is 10.4. The summed E-state index contributed by atoms with van der Waals surface area (Å²) in [7, 11) is 2.08. The monoisotopic (exact) mass is 197 g/mol. The van der Waals surface area contributed by atoms with E-state index in [1.54, 1.807) is 0 Å². The lowest BCUT2D eigenvalue weighted by atomic mass is 9.76. The minimum absolute atomic E-state index is 0.522. The van der Waals surface area contributed by atoms with Crippen LogP contribution in [0.4, 0.5) is 0 Å². The van der Waals surface area contributed by atoms with E-state index >= 15 is 0 Å². The first kappa shape index (κ1) is 12.0. The van der Waals surface area contributed by atoms with Gasteiger partial charge in [-0.1, -0.05) is 27.2 Å². The summed E-state index contributed by atoms with van der Waals surface area (Å²) in [5, 5.41) is 3.32. The molecule has 1 rings (SSSR count). The molecule has 1 aliphatic carbocycles. The molecule has 2 atom stereocenters. The summed E-state index contributed by atoms with van der Waals surface area (Å²) in [5.74, 6) is 1.89. The molecule has 0 saturated heterocycles. The molecule has 1 aliphatic rings. The molecule has 0 radical (unpaired) electrons. The van der Waals surface area contributed by atoms with Crippen LogP contribution in [0.5, 0.6) is 0 Å². The van der Waals surface area contributed by atoms with Crippen molar-refractivity contribution in [2.24, 2.45) is 17.3 Å². The highest BCUT2D eigenvalue weighted by Crippen LogP contribution is 2.38. The van der Waals surface area contributed by atoms with Gasteiger partial charge < -0.3 is 5.32 Å². The third-order valence-corrected chi connectivity index (χ3v) is 3.81. The second-order valence-corrected chi connectivity index (χ2v) is 5.99. The van der Waals surface area contributed by atoms with E-state index in [9.17, 15) is 0 Å². The number of rotatable bonds is 2. The van der Waals surface area contributed by atoms with Crippen LogP contribution in [-0.2, 0) is 0 Å². The van der Waals surface area contributed by atoms with Gasteiger partial charge in [0.05, 0.1) is 0 Å². The Labute approximate surface area is 89.7 Å². The van der Waals surface area contributed by atoms with Gasteiger partial charge in [-0.15, -0.1) is 0 Å². The highest BCUT2D eigenvalue weighted by atomic mass is 14.8. The van der Waals surface area contributed by atoms with E-state index < -0.39 is 0 Å². The molecule has 14 heavy (non-hydrogen) atoms. The lowest BCUT2D eigenvalue weighted by Crippen LogP contribution is -2.21. The second-order valence-electron chi connectivity index (χ2n) is 5.99. The Morgan fingerprint density at radius 3 is 2.36 bits per heavy atom. The molecular weight excluding hydrogens is 170 g/mol. The summed E-state index contributed by atoms with van der Waals surface area (Å²) >= 11 is 0. The zero-order valence-corrected chi connectivity index (χ0v) is 10.4. The molecule has 0 aliphatic heterocycles. The fourth-order valence-corrected chi connectivity index (χ4v) is 2.74. The summed E-state index contributed by atoms with van der Waals surface area (Å²) < 4.78 is 0. The molecule has 2 unspecified atom stereocenters.